The minimum Gasteiger partial charge on any atom is -0.389 e. The molecule has 1 aliphatic heterocycles. The molecule has 1 aromatic carbocycles. The van der Waals surface area contributed by atoms with Gasteiger partial charge in [-0.2, -0.15) is 0 Å². The molecule has 3 rings (SSSR count). The number of hydrogen-bond donors (Lipinski definition) is 1. The van der Waals surface area contributed by atoms with E-state index in [0.29, 0.717) is 0 Å². The molecule has 1 aliphatic rings. The maximum Gasteiger partial charge on any atom is 0.128 e. The largest absolute Gasteiger partial charge is 0.389 e. The minimum atomic E-state index is -0.435. The molecule has 4 nitrogen and oxygen atoms in total. The third-order valence-corrected chi connectivity index (χ3v) is 3.98. The highest BCUT2D eigenvalue weighted by molar-refractivity contribution is 5.56. The van der Waals surface area contributed by atoms with Crippen LogP contribution in [-0.4, -0.2) is 36.3 Å². The van der Waals surface area contributed by atoms with Crippen LogP contribution in [0.1, 0.15) is 18.6 Å². The van der Waals surface area contributed by atoms with E-state index in [4.69, 9.17) is 0 Å². The monoisotopic (exact) mass is 283 g/mol. The molecule has 0 aliphatic carbocycles. The van der Waals surface area contributed by atoms with Crippen molar-refractivity contribution in [2.75, 3.05) is 36.0 Å². The van der Waals surface area contributed by atoms with Crippen LogP contribution in [0.15, 0.2) is 48.7 Å². The smallest absolute Gasteiger partial charge is 0.128 e. The van der Waals surface area contributed by atoms with Crippen molar-refractivity contribution in [3.05, 3.63) is 54.2 Å². The number of anilines is 2. The van der Waals surface area contributed by atoms with Crippen LogP contribution in [-0.2, 0) is 0 Å². The summed E-state index contributed by atoms with van der Waals surface area (Å²) in [5.41, 5.74) is 2.15. The second-order valence-electron chi connectivity index (χ2n) is 5.40. The lowest BCUT2D eigenvalue weighted by Crippen LogP contribution is -2.47. The molecule has 21 heavy (non-hydrogen) atoms. The molecular weight excluding hydrogens is 262 g/mol. The Morgan fingerprint density at radius 3 is 2.29 bits per heavy atom. The van der Waals surface area contributed by atoms with Gasteiger partial charge in [0.25, 0.3) is 0 Å². The van der Waals surface area contributed by atoms with Crippen molar-refractivity contribution < 1.29 is 5.11 Å². The van der Waals surface area contributed by atoms with Gasteiger partial charge in [0.1, 0.15) is 5.82 Å². The first-order chi connectivity index (χ1) is 10.3. The van der Waals surface area contributed by atoms with E-state index in [-0.39, 0.29) is 0 Å². The summed E-state index contributed by atoms with van der Waals surface area (Å²) in [4.78, 5) is 9.07. The normalized spacial score (nSPS) is 16.9. The third-order valence-electron chi connectivity index (χ3n) is 3.98. The maximum absolute atomic E-state index is 9.92. The van der Waals surface area contributed by atoms with Crippen molar-refractivity contribution in [2.45, 2.75) is 13.0 Å². The van der Waals surface area contributed by atoms with E-state index in [2.05, 4.69) is 26.9 Å². The first-order valence-corrected chi connectivity index (χ1v) is 7.43. The zero-order chi connectivity index (χ0) is 14.7. The Balaban J connectivity index is 1.72. The van der Waals surface area contributed by atoms with Crippen LogP contribution in [0, 0.1) is 0 Å². The van der Waals surface area contributed by atoms with Crippen LogP contribution >= 0.6 is 0 Å². The Morgan fingerprint density at radius 2 is 1.62 bits per heavy atom. The number of para-hydroxylation sites is 1. The first-order valence-electron chi connectivity index (χ1n) is 7.43. The predicted octanol–water partition coefficient (Wildman–Crippen LogP) is 2.46. The predicted molar refractivity (Wildman–Crippen MR) is 85.7 cm³/mol. The van der Waals surface area contributed by atoms with Crippen molar-refractivity contribution in [1.82, 2.24) is 4.98 Å². The SMILES string of the molecule is C[C@H](O)c1ccccc1N1CCN(c2ccccn2)CC1. The number of aromatic nitrogens is 1. The van der Waals surface area contributed by atoms with Crippen LogP contribution in [0.2, 0.25) is 0 Å². The van der Waals surface area contributed by atoms with E-state index < -0.39 is 6.10 Å². The molecule has 110 valence electrons. The fourth-order valence-electron chi connectivity index (χ4n) is 2.85. The Labute approximate surface area is 125 Å². The fourth-order valence-corrected chi connectivity index (χ4v) is 2.85. The van der Waals surface area contributed by atoms with E-state index in [1.807, 2.05) is 43.5 Å². The molecule has 2 heterocycles. The Hall–Kier alpha value is -2.07. The van der Waals surface area contributed by atoms with Gasteiger partial charge in [-0.3, -0.25) is 0 Å². The molecule has 2 aromatic rings. The number of nitrogens with zero attached hydrogens (tertiary/aromatic N) is 3. The molecular formula is C17H21N3O. The Kier molecular flexibility index (Phi) is 4.06. The summed E-state index contributed by atoms with van der Waals surface area (Å²) in [7, 11) is 0. The lowest BCUT2D eigenvalue weighted by atomic mass is 10.1. The van der Waals surface area contributed by atoms with Gasteiger partial charge < -0.3 is 14.9 Å². The molecule has 4 heteroatoms. The number of pyridine rings is 1. The molecule has 1 fully saturated rings. The van der Waals surface area contributed by atoms with Gasteiger partial charge in [-0.05, 0) is 25.1 Å². The average molecular weight is 283 g/mol. The van der Waals surface area contributed by atoms with Crippen molar-refractivity contribution in [2.24, 2.45) is 0 Å². The molecule has 1 aromatic heterocycles. The number of benzene rings is 1. The van der Waals surface area contributed by atoms with Gasteiger partial charge in [0, 0.05) is 43.6 Å². The van der Waals surface area contributed by atoms with Crippen molar-refractivity contribution in [3.8, 4) is 0 Å². The van der Waals surface area contributed by atoms with Gasteiger partial charge in [0.05, 0.1) is 6.10 Å². The first kappa shape index (κ1) is 13.9. The summed E-state index contributed by atoms with van der Waals surface area (Å²) in [6.45, 7) is 5.61. The highest BCUT2D eigenvalue weighted by Gasteiger charge is 2.20. The number of rotatable bonds is 3. The summed E-state index contributed by atoms with van der Waals surface area (Å²) in [6, 6.07) is 14.1. The lowest BCUT2D eigenvalue weighted by molar-refractivity contribution is 0.199. The van der Waals surface area contributed by atoms with Crippen LogP contribution in [0.4, 0.5) is 11.5 Å². The highest BCUT2D eigenvalue weighted by Crippen LogP contribution is 2.27. The molecule has 0 bridgehead atoms. The number of aliphatic hydroxyl groups is 1. The Bertz CT molecular complexity index is 578. The van der Waals surface area contributed by atoms with Crippen LogP contribution in [0.3, 0.4) is 0 Å². The van der Waals surface area contributed by atoms with Crippen LogP contribution in [0.5, 0.6) is 0 Å². The van der Waals surface area contributed by atoms with Crippen LogP contribution < -0.4 is 9.80 Å². The molecule has 0 unspecified atom stereocenters. The summed E-state index contributed by atoms with van der Waals surface area (Å²) in [6.07, 6.45) is 1.40. The number of hydrogen-bond acceptors (Lipinski definition) is 4. The summed E-state index contributed by atoms with van der Waals surface area (Å²) in [5, 5.41) is 9.92. The van der Waals surface area contributed by atoms with E-state index in [9.17, 15) is 5.11 Å². The van der Waals surface area contributed by atoms with Crippen LogP contribution in [0.25, 0.3) is 0 Å². The van der Waals surface area contributed by atoms with Gasteiger partial charge in [-0.25, -0.2) is 4.98 Å². The topological polar surface area (TPSA) is 39.6 Å². The lowest BCUT2D eigenvalue weighted by Gasteiger charge is -2.37. The molecule has 1 N–H and O–H groups in total. The maximum atomic E-state index is 9.92. The summed E-state index contributed by atoms with van der Waals surface area (Å²) < 4.78 is 0. The fraction of sp³-hybridized carbons (Fsp3) is 0.353. The van der Waals surface area contributed by atoms with Gasteiger partial charge in [-0.1, -0.05) is 24.3 Å². The highest BCUT2D eigenvalue weighted by atomic mass is 16.3. The molecule has 0 spiro atoms. The van der Waals surface area contributed by atoms with Gasteiger partial charge in [0.15, 0.2) is 0 Å². The second kappa shape index (κ2) is 6.14. The molecule has 1 atom stereocenters. The standard InChI is InChI=1S/C17H21N3O/c1-14(21)15-6-2-3-7-16(15)19-10-12-20(13-11-19)17-8-4-5-9-18-17/h2-9,14,21H,10-13H2,1H3/t14-/m0/s1. The Morgan fingerprint density at radius 1 is 0.952 bits per heavy atom. The van der Waals surface area contributed by atoms with E-state index in [1.165, 1.54) is 0 Å². The van der Waals surface area contributed by atoms with Crippen molar-refractivity contribution >= 4 is 11.5 Å². The quantitative estimate of drug-likeness (QED) is 0.939. The summed E-state index contributed by atoms with van der Waals surface area (Å²) in [5.74, 6) is 1.04. The van der Waals surface area contributed by atoms with E-state index in [1.54, 1.807) is 0 Å². The van der Waals surface area contributed by atoms with Gasteiger partial charge >= 0.3 is 0 Å². The minimum absolute atomic E-state index is 0.435. The van der Waals surface area contributed by atoms with E-state index >= 15 is 0 Å². The average Bonchev–Trinajstić information content (AvgIpc) is 2.56. The molecule has 0 amide bonds. The van der Waals surface area contributed by atoms with Crippen molar-refractivity contribution in [1.29, 1.82) is 0 Å². The van der Waals surface area contributed by atoms with E-state index in [0.717, 1.165) is 43.2 Å². The second-order valence-corrected chi connectivity index (χ2v) is 5.40. The van der Waals surface area contributed by atoms with Crippen molar-refractivity contribution in [3.63, 3.8) is 0 Å². The molecule has 1 saturated heterocycles. The molecule has 0 saturated carbocycles. The third kappa shape index (κ3) is 3.00. The van der Waals surface area contributed by atoms with Gasteiger partial charge in [0.2, 0.25) is 0 Å². The zero-order valence-corrected chi connectivity index (χ0v) is 12.3. The summed E-state index contributed by atoms with van der Waals surface area (Å²) >= 11 is 0. The molecule has 0 radical (unpaired) electrons. The van der Waals surface area contributed by atoms with Gasteiger partial charge in [-0.15, -0.1) is 0 Å². The number of aliphatic hydroxyl groups excluding tert-OH is 1. The number of piperazine rings is 1. The zero-order valence-electron chi connectivity index (χ0n) is 12.3.